The summed E-state index contributed by atoms with van der Waals surface area (Å²) in [5.41, 5.74) is 0. The van der Waals surface area contributed by atoms with Crippen LogP contribution in [0.25, 0.3) is 0 Å². The molecule has 1 atom stereocenters. The van der Waals surface area contributed by atoms with Gasteiger partial charge in [-0.3, -0.25) is 0 Å². The fraction of sp³-hybridized carbons (Fsp3) is 1.00. The Bertz CT molecular complexity index is 197. The van der Waals surface area contributed by atoms with Gasteiger partial charge in [0, 0.05) is 18.6 Å². The topological polar surface area (TPSA) is 15.3 Å². The molecule has 1 heterocycles. The summed E-state index contributed by atoms with van der Waals surface area (Å²) in [6.45, 7) is 10.8. The minimum absolute atomic E-state index is 0.735. The highest BCUT2D eigenvalue weighted by atomic mass is 15.2. The van der Waals surface area contributed by atoms with E-state index in [4.69, 9.17) is 0 Å². The van der Waals surface area contributed by atoms with Crippen LogP contribution in [0.5, 0.6) is 0 Å². The van der Waals surface area contributed by atoms with Crippen LogP contribution < -0.4 is 5.32 Å². The second-order valence-corrected chi connectivity index (χ2v) is 5.93. The summed E-state index contributed by atoms with van der Waals surface area (Å²) in [5.74, 6) is 1.88. The molecule has 0 aromatic heterocycles. The third-order valence-electron chi connectivity index (χ3n) is 4.12. The van der Waals surface area contributed by atoms with Gasteiger partial charge in [0.15, 0.2) is 0 Å². The van der Waals surface area contributed by atoms with E-state index in [1.807, 2.05) is 0 Å². The van der Waals surface area contributed by atoms with Gasteiger partial charge in [-0.05, 0) is 58.0 Å². The molecular formula is C13H26N2. The predicted molar refractivity (Wildman–Crippen MR) is 65.0 cm³/mol. The van der Waals surface area contributed by atoms with Crippen molar-refractivity contribution >= 4 is 0 Å². The third-order valence-corrected chi connectivity index (χ3v) is 4.12. The molecule has 0 amide bonds. The van der Waals surface area contributed by atoms with Crippen LogP contribution in [0, 0.1) is 11.8 Å². The van der Waals surface area contributed by atoms with E-state index < -0.39 is 0 Å². The van der Waals surface area contributed by atoms with Crippen molar-refractivity contribution in [3.05, 3.63) is 0 Å². The van der Waals surface area contributed by atoms with Gasteiger partial charge in [-0.1, -0.05) is 6.92 Å². The largest absolute Gasteiger partial charge is 0.314 e. The Morgan fingerprint density at radius 1 is 1.33 bits per heavy atom. The first-order valence-corrected chi connectivity index (χ1v) is 6.62. The lowest BCUT2D eigenvalue weighted by Crippen LogP contribution is -2.42. The van der Waals surface area contributed by atoms with Crippen molar-refractivity contribution < 1.29 is 0 Å². The molecule has 1 N–H and O–H groups in total. The quantitative estimate of drug-likeness (QED) is 0.764. The van der Waals surface area contributed by atoms with Crippen LogP contribution in [0.4, 0.5) is 0 Å². The number of hydrogen-bond donors (Lipinski definition) is 1. The van der Waals surface area contributed by atoms with Crippen LogP contribution in [-0.2, 0) is 0 Å². The van der Waals surface area contributed by atoms with Crippen LogP contribution in [-0.4, -0.2) is 36.6 Å². The molecule has 1 saturated carbocycles. The summed E-state index contributed by atoms with van der Waals surface area (Å²) in [5, 5.41) is 3.72. The molecule has 0 spiro atoms. The van der Waals surface area contributed by atoms with Gasteiger partial charge in [0.2, 0.25) is 0 Å². The third kappa shape index (κ3) is 2.94. The van der Waals surface area contributed by atoms with Crippen molar-refractivity contribution in [3.8, 4) is 0 Å². The van der Waals surface area contributed by atoms with E-state index in [0.29, 0.717) is 0 Å². The zero-order valence-corrected chi connectivity index (χ0v) is 10.5. The zero-order valence-electron chi connectivity index (χ0n) is 10.5. The van der Waals surface area contributed by atoms with Gasteiger partial charge in [-0.25, -0.2) is 0 Å². The summed E-state index contributed by atoms with van der Waals surface area (Å²) >= 11 is 0. The summed E-state index contributed by atoms with van der Waals surface area (Å²) in [6.07, 6.45) is 4.20. The Labute approximate surface area is 94.4 Å². The number of hydrogen-bond acceptors (Lipinski definition) is 2. The first-order valence-electron chi connectivity index (χ1n) is 6.62. The maximum atomic E-state index is 3.72. The molecule has 1 aliphatic heterocycles. The van der Waals surface area contributed by atoms with E-state index in [0.717, 1.165) is 23.9 Å². The van der Waals surface area contributed by atoms with Crippen LogP contribution in [0.3, 0.4) is 0 Å². The fourth-order valence-electron chi connectivity index (χ4n) is 2.90. The highest BCUT2D eigenvalue weighted by Crippen LogP contribution is 2.27. The van der Waals surface area contributed by atoms with Gasteiger partial charge in [0.1, 0.15) is 0 Å². The Morgan fingerprint density at radius 2 is 2.07 bits per heavy atom. The summed E-state index contributed by atoms with van der Waals surface area (Å²) in [4.78, 5) is 2.61. The molecule has 0 radical (unpaired) electrons. The molecule has 0 bridgehead atoms. The molecule has 0 aromatic carbocycles. The lowest BCUT2D eigenvalue weighted by Gasteiger charge is -2.34. The number of rotatable bonds is 4. The molecule has 2 rings (SSSR count). The van der Waals surface area contributed by atoms with Crippen molar-refractivity contribution in [3.63, 3.8) is 0 Å². The van der Waals surface area contributed by atoms with Gasteiger partial charge in [-0.2, -0.15) is 0 Å². The first kappa shape index (κ1) is 11.4. The van der Waals surface area contributed by atoms with Gasteiger partial charge < -0.3 is 10.2 Å². The minimum Gasteiger partial charge on any atom is -0.314 e. The van der Waals surface area contributed by atoms with Gasteiger partial charge in [0.05, 0.1) is 0 Å². The first-order chi connectivity index (χ1) is 7.15. The van der Waals surface area contributed by atoms with Gasteiger partial charge in [-0.15, -0.1) is 0 Å². The highest BCUT2D eigenvalue weighted by Gasteiger charge is 2.28. The monoisotopic (exact) mass is 210 g/mol. The molecule has 1 aliphatic carbocycles. The van der Waals surface area contributed by atoms with E-state index >= 15 is 0 Å². The summed E-state index contributed by atoms with van der Waals surface area (Å²) < 4.78 is 0. The molecule has 88 valence electrons. The van der Waals surface area contributed by atoms with E-state index in [9.17, 15) is 0 Å². The Hall–Kier alpha value is -0.0800. The molecule has 1 unspecified atom stereocenters. The van der Waals surface area contributed by atoms with Gasteiger partial charge >= 0.3 is 0 Å². The van der Waals surface area contributed by atoms with Crippen molar-refractivity contribution in [1.29, 1.82) is 0 Å². The molecule has 0 aromatic rings. The average Bonchev–Trinajstić information content (AvgIpc) is 2.59. The van der Waals surface area contributed by atoms with E-state index in [1.165, 1.54) is 38.9 Å². The van der Waals surface area contributed by atoms with Crippen molar-refractivity contribution in [1.82, 2.24) is 10.2 Å². The SMILES string of the molecule is CC1CC(NCC2CCN(C(C)C)C2)C1. The molecule has 2 heteroatoms. The number of nitrogens with zero attached hydrogens (tertiary/aromatic N) is 1. The van der Waals surface area contributed by atoms with Crippen molar-refractivity contribution in [2.24, 2.45) is 11.8 Å². The molecule has 2 aliphatic rings. The summed E-state index contributed by atoms with van der Waals surface area (Å²) in [7, 11) is 0. The Balaban J connectivity index is 1.61. The van der Waals surface area contributed by atoms with Crippen molar-refractivity contribution in [2.45, 2.75) is 52.1 Å². The van der Waals surface area contributed by atoms with Crippen LogP contribution in [0.15, 0.2) is 0 Å². The number of nitrogens with one attached hydrogen (secondary N) is 1. The van der Waals surface area contributed by atoms with Crippen molar-refractivity contribution in [2.75, 3.05) is 19.6 Å². The molecule has 1 saturated heterocycles. The average molecular weight is 210 g/mol. The van der Waals surface area contributed by atoms with E-state index in [1.54, 1.807) is 0 Å². The fourth-order valence-corrected chi connectivity index (χ4v) is 2.90. The molecular weight excluding hydrogens is 184 g/mol. The normalized spacial score (nSPS) is 37.2. The molecule has 15 heavy (non-hydrogen) atoms. The lowest BCUT2D eigenvalue weighted by molar-refractivity contribution is 0.225. The Kier molecular flexibility index (Phi) is 3.68. The second kappa shape index (κ2) is 4.84. The van der Waals surface area contributed by atoms with Crippen LogP contribution in [0.1, 0.15) is 40.0 Å². The zero-order chi connectivity index (χ0) is 10.8. The lowest BCUT2D eigenvalue weighted by atomic mass is 9.82. The number of likely N-dealkylation sites (tertiary alicyclic amines) is 1. The summed E-state index contributed by atoms with van der Waals surface area (Å²) in [6, 6.07) is 1.58. The van der Waals surface area contributed by atoms with Gasteiger partial charge in [0.25, 0.3) is 0 Å². The smallest absolute Gasteiger partial charge is 0.00722 e. The van der Waals surface area contributed by atoms with Crippen LogP contribution >= 0.6 is 0 Å². The van der Waals surface area contributed by atoms with Crippen LogP contribution in [0.2, 0.25) is 0 Å². The minimum atomic E-state index is 0.735. The maximum absolute atomic E-state index is 3.72. The predicted octanol–water partition coefficient (Wildman–Crippen LogP) is 2.10. The second-order valence-electron chi connectivity index (χ2n) is 5.93. The molecule has 2 fully saturated rings. The van der Waals surface area contributed by atoms with E-state index in [2.05, 4.69) is 31.0 Å². The maximum Gasteiger partial charge on any atom is 0.00722 e. The highest BCUT2D eigenvalue weighted by molar-refractivity contribution is 4.85. The molecule has 2 nitrogen and oxygen atoms in total. The van der Waals surface area contributed by atoms with E-state index in [-0.39, 0.29) is 0 Å². The Morgan fingerprint density at radius 3 is 2.60 bits per heavy atom. The standard InChI is InChI=1S/C13H26N2/c1-10(2)15-5-4-12(9-15)8-14-13-6-11(3)7-13/h10-14H,4-9H2,1-3H3.